The standard InChI is InChI=1S/C19H31N3OS/c23-18(15-22-13-9-10-14-22)21-19-20-16-11-7-5-3-1-2-4-6-8-12-17(16)24-19/h1-15H2,(H,20,21,23). The molecule has 2 heterocycles. The first-order valence-corrected chi connectivity index (χ1v) is 10.6. The third-order valence-electron chi connectivity index (χ3n) is 5.16. The minimum Gasteiger partial charge on any atom is -0.301 e. The van der Waals surface area contributed by atoms with Gasteiger partial charge in [-0.1, -0.05) is 38.5 Å². The summed E-state index contributed by atoms with van der Waals surface area (Å²) in [6.45, 7) is 2.63. The second-order valence-corrected chi connectivity index (χ2v) is 8.33. The summed E-state index contributed by atoms with van der Waals surface area (Å²) in [5, 5.41) is 3.87. The molecular weight excluding hydrogens is 318 g/mol. The highest BCUT2D eigenvalue weighted by Gasteiger charge is 2.17. The van der Waals surface area contributed by atoms with Gasteiger partial charge in [0.25, 0.3) is 0 Å². The van der Waals surface area contributed by atoms with Crippen molar-refractivity contribution in [1.82, 2.24) is 9.88 Å². The van der Waals surface area contributed by atoms with E-state index in [4.69, 9.17) is 4.98 Å². The highest BCUT2D eigenvalue weighted by molar-refractivity contribution is 7.15. The summed E-state index contributed by atoms with van der Waals surface area (Å²) in [6.07, 6.45) is 15.3. The van der Waals surface area contributed by atoms with Gasteiger partial charge >= 0.3 is 0 Å². The Hall–Kier alpha value is -0.940. The van der Waals surface area contributed by atoms with E-state index in [2.05, 4.69) is 10.2 Å². The summed E-state index contributed by atoms with van der Waals surface area (Å²) in [7, 11) is 0. The Bertz CT molecular complexity index is 493. The Morgan fingerprint density at radius 3 is 2.25 bits per heavy atom. The molecule has 0 bridgehead atoms. The van der Waals surface area contributed by atoms with Gasteiger partial charge in [0.05, 0.1) is 12.2 Å². The SMILES string of the molecule is O=C(CN1CCCC1)Nc1nc2c(s1)CCCCCCCCCC2. The van der Waals surface area contributed by atoms with Crippen molar-refractivity contribution in [3.8, 4) is 0 Å². The van der Waals surface area contributed by atoms with Crippen molar-refractivity contribution in [2.45, 2.75) is 77.0 Å². The van der Waals surface area contributed by atoms with E-state index in [0.717, 1.165) is 31.1 Å². The van der Waals surface area contributed by atoms with Gasteiger partial charge in [-0.2, -0.15) is 0 Å². The van der Waals surface area contributed by atoms with Crippen LogP contribution < -0.4 is 5.32 Å². The van der Waals surface area contributed by atoms with Gasteiger partial charge in [-0.15, -0.1) is 11.3 Å². The molecule has 1 aromatic rings. The Morgan fingerprint density at radius 2 is 1.54 bits per heavy atom. The predicted octanol–water partition coefficient (Wildman–Crippen LogP) is 4.40. The molecule has 1 fully saturated rings. The summed E-state index contributed by atoms with van der Waals surface area (Å²) in [5.74, 6) is 0.0988. The molecule has 134 valence electrons. The fourth-order valence-corrected chi connectivity index (χ4v) is 4.83. The van der Waals surface area contributed by atoms with Gasteiger partial charge in [-0.3, -0.25) is 9.69 Å². The smallest absolute Gasteiger partial charge is 0.240 e. The number of nitrogens with one attached hydrogen (secondary N) is 1. The number of thiazole rings is 1. The second kappa shape index (κ2) is 9.52. The van der Waals surface area contributed by atoms with Gasteiger partial charge in [-0.25, -0.2) is 4.98 Å². The van der Waals surface area contributed by atoms with E-state index in [-0.39, 0.29) is 5.91 Å². The molecular formula is C19H31N3OS. The monoisotopic (exact) mass is 349 g/mol. The van der Waals surface area contributed by atoms with Crippen LogP contribution in [0.4, 0.5) is 5.13 Å². The second-order valence-electron chi connectivity index (χ2n) is 7.25. The molecule has 1 aliphatic carbocycles. The average Bonchev–Trinajstić information content (AvgIpc) is 3.17. The van der Waals surface area contributed by atoms with Gasteiger partial charge in [0, 0.05) is 4.88 Å². The maximum absolute atomic E-state index is 12.2. The van der Waals surface area contributed by atoms with Crippen molar-refractivity contribution in [2.75, 3.05) is 25.0 Å². The number of nitrogens with zero attached hydrogens (tertiary/aromatic N) is 2. The number of likely N-dealkylation sites (tertiary alicyclic amines) is 1. The van der Waals surface area contributed by atoms with E-state index in [1.54, 1.807) is 11.3 Å². The van der Waals surface area contributed by atoms with E-state index in [9.17, 15) is 4.79 Å². The minimum absolute atomic E-state index is 0.0988. The van der Waals surface area contributed by atoms with E-state index in [1.165, 1.54) is 74.8 Å². The molecule has 3 rings (SSSR count). The largest absolute Gasteiger partial charge is 0.301 e. The summed E-state index contributed by atoms with van der Waals surface area (Å²) in [4.78, 5) is 20.6. The topological polar surface area (TPSA) is 45.2 Å². The van der Waals surface area contributed by atoms with Gasteiger partial charge in [-0.05, 0) is 51.6 Å². The van der Waals surface area contributed by atoms with Crippen LogP contribution in [0.25, 0.3) is 0 Å². The third kappa shape index (κ3) is 5.55. The molecule has 0 spiro atoms. The quantitative estimate of drug-likeness (QED) is 0.880. The van der Waals surface area contributed by atoms with E-state index >= 15 is 0 Å². The molecule has 1 saturated heterocycles. The van der Waals surface area contributed by atoms with Crippen LogP contribution >= 0.6 is 11.3 Å². The van der Waals surface area contributed by atoms with Crippen LogP contribution in [-0.2, 0) is 17.6 Å². The summed E-state index contributed by atoms with van der Waals surface area (Å²) >= 11 is 1.71. The molecule has 1 amide bonds. The summed E-state index contributed by atoms with van der Waals surface area (Å²) < 4.78 is 0. The lowest BCUT2D eigenvalue weighted by Gasteiger charge is -2.12. The molecule has 0 radical (unpaired) electrons. The van der Waals surface area contributed by atoms with Crippen LogP contribution in [-0.4, -0.2) is 35.4 Å². The number of fused-ring (bicyclic) bond motifs is 1. The molecule has 5 heteroatoms. The number of carbonyl (C=O) groups is 1. The predicted molar refractivity (Wildman–Crippen MR) is 101 cm³/mol. The van der Waals surface area contributed by atoms with Crippen LogP contribution in [0.5, 0.6) is 0 Å². The lowest BCUT2D eigenvalue weighted by Crippen LogP contribution is -2.30. The minimum atomic E-state index is 0.0988. The highest BCUT2D eigenvalue weighted by atomic mass is 32.1. The van der Waals surface area contributed by atoms with Crippen LogP contribution in [0.2, 0.25) is 0 Å². The first kappa shape index (κ1) is 17.9. The average molecular weight is 350 g/mol. The Labute approximate surface area is 150 Å². The van der Waals surface area contributed by atoms with Crippen LogP contribution in [0.1, 0.15) is 74.8 Å². The zero-order valence-corrected chi connectivity index (χ0v) is 15.6. The lowest BCUT2D eigenvalue weighted by atomic mass is 10.0. The summed E-state index contributed by atoms with van der Waals surface area (Å²) in [5.41, 5.74) is 1.25. The molecule has 0 saturated carbocycles. The molecule has 2 aliphatic rings. The molecule has 0 unspecified atom stereocenters. The first-order chi connectivity index (χ1) is 11.8. The molecule has 24 heavy (non-hydrogen) atoms. The summed E-state index contributed by atoms with van der Waals surface area (Å²) in [6, 6.07) is 0. The number of aromatic nitrogens is 1. The maximum atomic E-state index is 12.2. The van der Waals surface area contributed by atoms with Crippen molar-refractivity contribution < 1.29 is 4.79 Å². The molecule has 0 aromatic carbocycles. The fourth-order valence-electron chi connectivity index (χ4n) is 3.77. The number of hydrogen-bond donors (Lipinski definition) is 1. The Kier molecular flexibility index (Phi) is 7.09. The van der Waals surface area contributed by atoms with Crippen molar-refractivity contribution in [1.29, 1.82) is 0 Å². The van der Waals surface area contributed by atoms with E-state index in [1.807, 2.05) is 0 Å². The number of anilines is 1. The van der Waals surface area contributed by atoms with Crippen LogP contribution in [0.3, 0.4) is 0 Å². The maximum Gasteiger partial charge on any atom is 0.240 e. The van der Waals surface area contributed by atoms with E-state index in [0.29, 0.717) is 6.54 Å². The Balaban J connectivity index is 1.57. The Morgan fingerprint density at radius 1 is 0.917 bits per heavy atom. The number of amides is 1. The van der Waals surface area contributed by atoms with Gasteiger partial charge in [0.1, 0.15) is 0 Å². The van der Waals surface area contributed by atoms with Crippen molar-refractivity contribution in [2.24, 2.45) is 0 Å². The number of carbonyl (C=O) groups excluding carboxylic acids is 1. The number of rotatable bonds is 3. The van der Waals surface area contributed by atoms with E-state index < -0.39 is 0 Å². The van der Waals surface area contributed by atoms with Crippen molar-refractivity contribution in [3.05, 3.63) is 10.6 Å². The van der Waals surface area contributed by atoms with Crippen molar-refractivity contribution in [3.63, 3.8) is 0 Å². The molecule has 1 N–H and O–H groups in total. The van der Waals surface area contributed by atoms with Gasteiger partial charge in [0.15, 0.2) is 5.13 Å². The molecule has 1 aliphatic heterocycles. The first-order valence-electron chi connectivity index (χ1n) is 9.82. The van der Waals surface area contributed by atoms with Gasteiger partial charge < -0.3 is 5.32 Å². The number of hydrogen-bond acceptors (Lipinski definition) is 4. The zero-order valence-electron chi connectivity index (χ0n) is 14.8. The molecule has 1 aromatic heterocycles. The van der Waals surface area contributed by atoms with Crippen LogP contribution in [0.15, 0.2) is 0 Å². The van der Waals surface area contributed by atoms with Crippen LogP contribution in [0, 0.1) is 0 Å². The lowest BCUT2D eigenvalue weighted by molar-refractivity contribution is -0.117. The van der Waals surface area contributed by atoms with Crippen molar-refractivity contribution >= 4 is 22.4 Å². The molecule has 0 atom stereocenters. The normalized spacial score (nSPS) is 20.8. The molecule has 4 nitrogen and oxygen atoms in total. The number of aryl methyl sites for hydroxylation is 2. The fraction of sp³-hybridized carbons (Fsp3) is 0.789. The van der Waals surface area contributed by atoms with Gasteiger partial charge in [0.2, 0.25) is 5.91 Å². The highest BCUT2D eigenvalue weighted by Crippen LogP contribution is 2.27. The zero-order chi connectivity index (χ0) is 16.6. The third-order valence-corrected chi connectivity index (χ3v) is 6.23.